The van der Waals surface area contributed by atoms with Gasteiger partial charge in [-0.1, -0.05) is 90.2 Å². The van der Waals surface area contributed by atoms with Gasteiger partial charge in [0, 0.05) is 0 Å². The summed E-state index contributed by atoms with van der Waals surface area (Å²) >= 11 is 0. The summed E-state index contributed by atoms with van der Waals surface area (Å²) in [6.45, 7) is 4.41. The predicted octanol–water partition coefficient (Wildman–Crippen LogP) is 3.01. The molecule has 1 aromatic rings. The van der Waals surface area contributed by atoms with Gasteiger partial charge in [-0.25, -0.2) is 8.42 Å². The fourth-order valence-electron chi connectivity index (χ4n) is 3.07. The molecule has 0 bridgehead atoms. The van der Waals surface area contributed by atoms with Gasteiger partial charge in [-0.3, -0.25) is 0 Å². The number of hydrogen-bond acceptors (Lipinski definition) is 3. The predicted molar refractivity (Wildman–Crippen MR) is 99.3 cm³/mol. The number of hydrogen-bond donors (Lipinski definition) is 0. The Labute approximate surface area is 177 Å². The quantitative estimate of drug-likeness (QED) is 0.302. The Balaban J connectivity index is 0.00000576. The monoisotopic (exact) mass is 376 g/mol. The van der Waals surface area contributed by atoms with E-state index in [1.807, 2.05) is 0 Å². The van der Waals surface area contributed by atoms with Crippen molar-refractivity contribution in [1.82, 2.24) is 0 Å². The molecule has 0 saturated carbocycles. The second kappa shape index (κ2) is 14.2. The summed E-state index contributed by atoms with van der Waals surface area (Å²) in [6, 6.07) is 6.39. The van der Waals surface area contributed by atoms with Crippen molar-refractivity contribution in [2.45, 2.75) is 95.3 Å². The molecule has 1 aromatic carbocycles. The van der Waals surface area contributed by atoms with Crippen molar-refractivity contribution in [3.8, 4) is 0 Å². The van der Waals surface area contributed by atoms with Gasteiger partial charge in [-0.05, 0) is 30.0 Å². The Morgan fingerprint density at radius 1 is 0.840 bits per heavy atom. The molecule has 0 amide bonds. The molecule has 5 heteroatoms. The Morgan fingerprint density at radius 3 is 1.72 bits per heavy atom. The van der Waals surface area contributed by atoms with Crippen LogP contribution in [0.1, 0.15) is 96.0 Å². The molecule has 1 rings (SSSR count). The van der Waals surface area contributed by atoms with E-state index >= 15 is 0 Å². The second-order valence-electron chi connectivity index (χ2n) is 6.89. The summed E-state index contributed by atoms with van der Waals surface area (Å²) < 4.78 is 32.8. The van der Waals surface area contributed by atoms with E-state index in [1.165, 1.54) is 76.3 Å². The van der Waals surface area contributed by atoms with Crippen molar-refractivity contribution < 1.29 is 42.5 Å². The Hall–Kier alpha value is 0.130. The van der Waals surface area contributed by atoms with Crippen LogP contribution in [0.3, 0.4) is 0 Å². The van der Waals surface area contributed by atoms with Crippen molar-refractivity contribution in [3.05, 3.63) is 29.8 Å². The third-order valence-corrected chi connectivity index (χ3v) is 5.58. The second-order valence-corrected chi connectivity index (χ2v) is 8.27. The molecule has 0 radical (unpaired) electrons. The summed E-state index contributed by atoms with van der Waals surface area (Å²) in [5.41, 5.74) is 1.11. The van der Waals surface area contributed by atoms with Gasteiger partial charge in [0.2, 0.25) is 0 Å². The normalized spacial score (nSPS) is 12.6. The fraction of sp³-hybridized carbons (Fsp3) is 0.700. The van der Waals surface area contributed by atoms with Crippen LogP contribution in [0.4, 0.5) is 0 Å². The van der Waals surface area contributed by atoms with E-state index < -0.39 is 10.1 Å². The van der Waals surface area contributed by atoms with E-state index in [0.29, 0.717) is 5.92 Å². The van der Waals surface area contributed by atoms with Gasteiger partial charge < -0.3 is 4.55 Å². The smallest absolute Gasteiger partial charge is 0.744 e. The average Bonchev–Trinajstić information content (AvgIpc) is 2.55. The summed E-state index contributed by atoms with van der Waals surface area (Å²) in [7, 11) is -4.33. The minimum atomic E-state index is -4.33. The van der Waals surface area contributed by atoms with E-state index in [2.05, 4.69) is 13.8 Å². The first kappa shape index (κ1) is 25.1. The molecule has 0 saturated heterocycles. The van der Waals surface area contributed by atoms with E-state index in [-0.39, 0.29) is 34.5 Å². The van der Waals surface area contributed by atoms with E-state index in [9.17, 15) is 13.0 Å². The molecule has 1 atom stereocenters. The Morgan fingerprint density at radius 2 is 1.28 bits per heavy atom. The Bertz CT molecular complexity index is 541. The molecule has 0 N–H and O–H groups in total. The number of rotatable bonds is 13. The van der Waals surface area contributed by atoms with Crippen LogP contribution in [0.15, 0.2) is 29.2 Å². The van der Waals surface area contributed by atoms with Crippen LogP contribution in [0.2, 0.25) is 0 Å². The van der Waals surface area contributed by atoms with Gasteiger partial charge in [0.15, 0.2) is 0 Å². The number of unbranched alkanes of at least 4 members (excludes halogenated alkanes) is 9. The minimum Gasteiger partial charge on any atom is -0.744 e. The average molecular weight is 377 g/mol. The zero-order valence-electron chi connectivity index (χ0n) is 16.3. The molecule has 3 nitrogen and oxygen atoms in total. The molecule has 0 aliphatic heterocycles. The summed E-state index contributed by atoms with van der Waals surface area (Å²) in [6.07, 6.45) is 14.5. The molecule has 0 fully saturated rings. The standard InChI is InChI=1S/C20H34O3S.Na/c1-3-4-5-6-7-8-9-10-11-12-13-18(2)19-14-16-20(17-15-19)24(21,22)23;/h14-18H,3-13H2,1-2H3,(H,21,22,23);/q;+1/p-1. The third kappa shape index (κ3) is 11.4. The molecule has 0 aliphatic carbocycles. The molecule has 25 heavy (non-hydrogen) atoms. The van der Waals surface area contributed by atoms with Crippen LogP contribution in [0.5, 0.6) is 0 Å². The van der Waals surface area contributed by atoms with Gasteiger partial charge in [0.25, 0.3) is 0 Å². The summed E-state index contributed by atoms with van der Waals surface area (Å²) in [4.78, 5) is -0.141. The topological polar surface area (TPSA) is 57.2 Å². The van der Waals surface area contributed by atoms with Crippen LogP contribution in [-0.4, -0.2) is 13.0 Å². The molecular weight excluding hydrogens is 343 g/mol. The van der Waals surface area contributed by atoms with Crippen molar-refractivity contribution in [1.29, 1.82) is 0 Å². The van der Waals surface area contributed by atoms with Gasteiger partial charge in [0.1, 0.15) is 10.1 Å². The molecule has 138 valence electrons. The van der Waals surface area contributed by atoms with Gasteiger partial charge in [-0.15, -0.1) is 0 Å². The van der Waals surface area contributed by atoms with Crippen molar-refractivity contribution >= 4 is 10.1 Å². The van der Waals surface area contributed by atoms with Gasteiger partial charge in [-0.2, -0.15) is 0 Å². The maximum absolute atomic E-state index is 10.9. The van der Waals surface area contributed by atoms with E-state index in [1.54, 1.807) is 12.1 Å². The van der Waals surface area contributed by atoms with Crippen molar-refractivity contribution in [2.24, 2.45) is 0 Å². The SMILES string of the molecule is CCCCCCCCCCCCC(C)c1ccc(S(=O)(=O)[O-])cc1.[Na+]. The van der Waals surface area contributed by atoms with Crippen molar-refractivity contribution in [2.75, 3.05) is 0 Å². The molecule has 1 unspecified atom stereocenters. The number of benzene rings is 1. The third-order valence-electron chi connectivity index (χ3n) is 4.73. The maximum Gasteiger partial charge on any atom is 1.00 e. The summed E-state index contributed by atoms with van der Waals surface area (Å²) in [5, 5.41) is 0. The van der Waals surface area contributed by atoms with Crippen LogP contribution in [-0.2, 0) is 10.1 Å². The Kier molecular flexibility index (Phi) is 14.3. The van der Waals surface area contributed by atoms with Gasteiger partial charge in [0.05, 0.1) is 4.90 Å². The zero-order valence-corrected chi connectivity index (χ0v) is 19.1. The van der Waals surface area contributed by atoms with Gasteiger partial charge >= 0.3 is 29.6 Å². The first-order valence-electron chi connectivity index (χ1n) is 9.51. The van der Waals surface area contributed by atoms with E-state index in [4.69, 9.17) is 0 Å². The van der Waals surface area contributed by atoms with Crippen LogP contribution in [0.25, 0.3) is 0 Å². The van der Waals surface area contributed by atoms with E-state index in [0.717, 1.165) is 12.0 Å². The fourth-order valence-corrected chi connectivity index (χ4v) is 3.54. The largest absolute Gasteiger partial charge is 1.00 e. The van der Waals surface area contributed by atoms with Crippen LogP contribution in [0, 0.1) is 0 Å². The zero-order chi connectivity index (χ0) is 17.8. The first-order valence-corrected chi connectivity index (χ1v) is 10.9. The minimum absolute atomic E-state index is 0. The first-order chi connectivity index (χ1) is 11.4. The van der Waals surface area contributed by atoms with Crippen molar-refractivity contribution in [3.63, 3.8) is 0 Å². The van der Waals surface area contributed by atoms with Crippen LogP contribution >= 0.6 is 0 Å². The molecule has 0 aliphatic rings. The molecular formula is C20H33NaO3S. The maximum atomic E-state index is 10.9. The molecule has 0 spiro atoms. The molecule has 0 heterocycles. The van der Waals surface area contributed by atoms with Crippen LogP contribution < -0.4 is 29.6 Å². The summed E-state index contributed by atoms with van der Waals surface area (Å²) in [5.74, 6) is 0.405. The molecule has 0 aromatic heterocycles.